The average Bonchev–Trinajstić information content (AvgIpc) is 3.02. The molecule has 0 unspecified atom stereocenters. The summed E-state index contributed by atoms with van der Waals surface area (Å²) in [6.07, 6.45) is 8.61. The fourth-order valence-corrected chi connectivity index (χ4v) is 2.79. The highest BCUT2D eigenvalue weighted by Crippen LogP contribution is 2.21. The van der Waals surface area contributed by atoms with Crippen molar-refractivity contribution in [2.45, 2.75) is 50.3 Å². The van der Waals surface area contributed by atoms with Gasteiger partial charge in [-0.1, -0.05) is 31.5 Å². The zero-order valence-corrected chi connectivity index (χ0v) is 13.8. The molecule has 0 saturated heterocycles. The Bertz CT molecular complexity index is 424. The van der Waals surface area contributed by atoms with E-state index in [-0.39, 0.29) is 0 Å². The molecule has 118 valence electrons. The number of hydrogen-bond acceptors (Lipinski definition) is 6. The van der Waals surface area contributed by atoms with Crippen LogP contribution in [0.1, 0.15) is 39.0 Å². The van der Waals surface area contributed by atoms with Gasteiger partial charge in [0.2, 0.25) is 0 Å². The summed E-state index contributed by atoms with van der Waals surface area (Å²) >= 11 is 1.56. The highest BCUT2D eigenvalue weighted by Gasteiger charge is 2.14. The highest BCUT2D eigenvalue weighted by molar-refractivity contribution is 7.98. The number of nitrogens with zero attached hydrogens (tertiary/aromatic N) is 2. The quantitative estimate of drug-likeness (QED) is 0.414. The topological polar surface area (TPSA) is 59.1 Å². The van der Waals surface area contributed by atoms with Gasteiger partial charge in [0.1, 0.15) is 11.6 Å². The van der Waals surface area contributed by atoms with Crippen molar-refractivity contribution in [2.24, 2.45) is 0 Å². The maximum Gasteiger partial charge on any atom is 0.191 e. The smallest absolute Gasteiger partial charge is 0.191 e. The first-order chi connectivity index (χ1) is 10.3. The lowest BCUT2D eigenvalue weighted by molar-refractivity contribution is 0.0658. The molecule has 6 heteroatoms. The second kappa shape index (κ2) is 9.10. The lowest BCUT2D eigenvalue weighted by Gasteiger charge is -2.13. The van der Waals surface area contributed by atoms with Crippen molar-refractivity contribution >= 4 is 23.4 Å². The molecule has 0 aliphatic heterocycles. The standard InChI is InChI=1S/C15H26N4OS/c1-3-8-16-13-11-14(19-15(18-13)21-2)17-9-10-20-12-6-4-5-7-12/h11-12H,3-10H2,1-2H3,(H2,16,17,18,19). The third-order valence-electron chi connectivity index (χ3n) is 3.51. The largest absolute Gasteiger partial charge is 0.376 e. The molecule has 1 fully saturated rings. The van der Waals surface area contributed by atoms with Crippen molar-refractivity contribution in [2.75, 3.05) is 36.6 Å². The molecule has 0 amide bonds. The van der Waals surface area contributed by atoms with Gasteiger partial charge in [-0.15, -0.1) is 0 Å². The Hall–Kier alpha value is -1.01. The Labute approximate surface area is 131 Å². The van der Waals surface area contributed by atoms with Gasteiger partial charge in [0.05, 0.1) is 12.7 Å². The van der Waals surface area contributed by atoms with Crippen LogP contribution >= 0.6 is 11.8 Å². The second-order valence-electron chi connectivity index (χ2n) is 5.26. The molecule has 0 bridgehead atoms. The van der Waals surface area contributed by atoms with Crippen LogP contribution in [0.2, 0.25) is 0 Å². The van der Waals surface area contributed by atoms with Crippen molar-refractivity contribution in [3.05, 3.63) is 6.07 Å². The summed E-state index contributed by atoms with van der Waals surface area (Å²) in [4.78, 5) is 8.92. The van der Waals surface area contributed by atoms with E-state index in [0.29, 0.717) is 6.10 Å². The molecule has 2 N–H and O–H groups in total. The van der Waals surface area contributed by atoms with Crippen molar-refractivity contribution in [1.82, 2.24) is 9.97 Å². The van der Waals surface area contributed by atoms with Gasteiger partial charge >= 0.3 is 0 Å². The number of hydrogen-bond donors (Lipinski definition) is 2. The van der Waals surface area contributed by atoms with Crippen LogP contribution in [-0.2, 0) is 4.74 Å². The average molecular weight is 310 g/mol. The van der Waals surface area contributed by atoms with Gasteiger partial charge in [-0.05, 0) is 25.5 Å². The van der Waals surface area contributed by atoms with Crippen LogP contribution in [0.4, 0.5) is 11.6 Å². The maximum atomic E-state index is 5.85. The van der Waals surface area contributed by atoms with E-state index in [2.05, 4.69) is 27.5 Å². The third kappa shape index (κ3) is 5.71. The molecular formula is C15H26N4OS. The summed E-state index contributed by atoms with van der Waals surface area (Å²) in [7, 11) is 0. The molecular weight excluding hydrogens is 284 g/mol. The Morgan fingerprint density at radius 2 is 1.86 bits per heavy atom. The molecule has 21 heavy (non-hydrogen) atoms. The van der Waals surface area contributed by atoms with E-state index in [1.165, 1.54) is 25.7 Å². The lowest BCUT2D eigenvalue weighted by Crippen LogP contribution is -2.16. The molecule has 5 nitrogen and oxygen atoms in total. The number of aromatic nitrogens is 2. The van der Waals surface area contributed by atoms with Crippen LogP contribution in [0.5, 0.6) is 0 Å². The van der Waals surface area contributed by atoms with E-state index in [1.807, 2.05) is 12.3 Å². The minimum atomic E-state index is 0.473. The van der Waals surface area contributed by atoms with Gasteiger partial charge in [-0.25, -0.2) is 9.97 Å². The first-order valence-electron chi connectivity index (χ1n) is 7.84. The van der Waals surface area contributed by atoms with Gasteiger partial charge in [0, 0.05) is 19.2 Å². The summed E-state index contributed by atoms with van der Waals surface area (Å²) < 4.78 is 5.85. The molecule has 0 radical (unpaired) electrons. The van der Waals surface area contributed by atoms with Crippen molar-refractivity contribution in [1.29, 1.82) is 0 Å². The van der Waals surface area contributed by atoms with Crippen molar-refractivity contribution in [3.8, 4) is 0 Å². The highest BCUT2D eigenvalue weighted by atomic mass is 32.2. The van der Waals surface area contributed by atoms with E-state index in [4.69, 9.17) is 4.74 Å². The van der Waals surface area contributed by atoms with E-state index in [9.17, 15) is 0 Å². The van der Waals surface area contributed by atoms with Gasteiger partial charge in [-0.3, -0.25) is 0 Å². The van der Waals surface area contributed by atoms with Crippen LogP contribution in [0.3, 0.4) is 0 Å². The summed E-state index contributed by atoms with van der Waals surface area (Å²) in [5.74, 6) is 1.75. The molecule has 1 heterocycles. The van der Waals surface area contributed by atoms with Gasteiger partial charge in [0.25, 0.3) is 0 Å². The van der Waals surface area contributed by atoms with Crippen LogP contribution < -0.4 is 10.6 Å². The predicted octanol–water partition coefficient (Wildman–Crippen LogP) is 3.39. The zero-order chi connectivity index (χ0) is 14.9. The van der Waals surface area contributed by atoms with E-state index >= 15 is 0 Å². The Kier molecular flexibility index (Phi) is 7.09. The molecule has 1 aliphatic rings. The molecule has 1 saturated carbocycles. The monoisotopic (exact) mass is 310 g/mol. The number of ether oxygens (including phenoxy) is 1. The summed E-state index contributed by atoms with van der Waals surface area (Å²) in [6, 6.07) is 1.96. The van der Waals surface area contributed by atoms with E-state index < -0.39 is 0 Å². The number of thioether (sulfide) groups is 1. The van der Waals surface area contributed by atoms with Crippen LogP contribution in [-0.4, -0.2) is 42.0 Å². The van der Waals surface area contributed by atoms with Gasteiger partial charge < -0.3 is 15.4 Å². The normalized spacial score (nSPS) is 15.3. The number of rotatable bonds is 9. The third-order valence-corrected chi connectivity index (χ3v) is 4.06. The van der Waals surface area contributed by atoms with Gasteiger partial charge in [0.15, 0.2) is 5.16 Å². The number of nitrogens with one attached hydrogen (secondary N) is 2. The lowest BCUT2D eigenvalue weighted by atomic mass is 10.3. The zero-order valence-electron chi connectivity index (χ0n) is 13.0. The molecule has 1 aliphatic carbocycles. The molecule has 0 aromatic carbocycles. The van der Waals surface area contributed by atoms with Crippen LogP contribution in [0, 0.1) is 0 Å². The summed E-state index contributed by atoms with van der Waals surface area (Å²) in [5.41, 5.74) is 0. The minimum absolute atomic E-state index is 0.473. The first kappa shape index (κ1) is 16.4. The minimum Gasteiger partial charge on any atom is -0.376 e. The fourth-order valence-electron chi connectivity index (χ4n) is 2.41. The first-order valence-corrected chi connectivity index (χ1v) is 9.06. The Morgan fingerprint density at radius 3 is 2.48 bits per heavy atom. The Morgan fingerprint density at radius 1 is 1.19 bits per heavy atom. The molecule has 2 rings (SSSR count). The summed E-state index contributed by atoms with van der Waals surface area (Å²) in [5, 5.41) is 7.43. The van der Waals surface area contributed by atoms with Crippen LogP contribution in [0.25, 0.3) is 0 Å². The Balaban J connectivity index is 1.80. The molecule has 1 aromatic rings. The van der Waals surface area contributed by atoms with Crippen molar-refractivity contribution in [3.63, 3.8) is 0 Å². The van der Waals surface area contributed by atoms with Crippen molar-refractivity contribution < 1.29 is 4.74 Å². The molecule has 0 atom stereocenters. The predicted molar refractivity (Wildman–Crippen MR) is 89.3 cm³/mol. The van der Waals surface area contributed by atoms with E-state index in [1.54, 1.807) is 11.8 Å². The maximum absolute atomic E-state index is 5.85. The summed E-state index contributed by atoms with van der Waals surface area (Å²) in [6.45, 7) is 4.59. The number of anilines is 2. The molecule has 1 aromatic heterocycles. The molecule has 0 spiro atoms. The van der Waals surface area contributed by atoms with Gasteiger partial charge in [-0.2, -0.15) is 0 Å². The van der Waals surface area contributed by atoms with E-state index in [0.717, 1.165) is 42.9 Å². The van der Waals surface area contributed by atoms with Crippen LogP contribution in [0.15, 0.2) is 11.2 Å². The second-order valence-corrected chi connectivity index (χ2v) is 6.03. The fraction of sp³-hybridized carbons (Fsp3) is 0.733. The SMILES string of the molecule is CCCNc1cc(NCCOC2CCCC2)nc(SC)n1.